The summed E-state index contributed by atoms with van der Waals surface area (Å²) in [6.45, 7) is -3.98. The van der Waals surface area contributed by atoms with Gasteiger partial charge in [-0.2, -0.15) is 114 Å². The van der Waals surface area contributed by atoms with Crippen LogP contribution in [0, 0.1) is 0 Å². The Labute approximate surface area is 312 Å². The average molecular weight is 942 g/mol. The van der Waals surface area contributed by atoms with Crippen LogP contribution in [-0.2, 0) is 4.74 Å². The number of rotatable bonds is 18. The fraction of sp³-hybridized carbons (Fsp3) is 0.643. The molecule has 0 atom stereocenters. The minimum absolute atomic E-state index is 0.0309. The van der Waals surface area contributed by atoms with E-state index in [-0.39, 0.29) is 18.2 Å². The van der Waals surface area contributed by atoms with Gasteiger partial charge in [-0.3, -0.25) is 0 Å². The topological polar surface area (TPSA) is 75.0 Å². The lowest BCUT2D eigenvalue weighted by molar-refractivity contribution is -0.440. The molecule has 32 heteroatoms. The molecule has 0 unspecified atom stereocenters. The second-order valence-corrected chi connectivity index (χ2v) is 11.7. The van der Waals surface area contributed by atoms with Gasteiger partial charge >= 0.3 is 83.2 Å². The zero-order valence-electron chi connectivity index (χ0n) is 28.0. The molecular formula is C28H16F26O6. The Morgan fingerprint density at radius 1 is 0.517 bits per heavy atom. The molecule has 0 N–H and O–H groups in total. The van der Waals surface area contributed by atoms with E-state index in [4.69, 9.17) is 0 Å². The molecule has 0 aliphatic rings. The lowest BCUT2D eigenvalue weighted by Gasteiger charge is -2.39. The summed E-state index contributed by atoms with van der Waals surface area (Å²) in [4.78, 5) is 24.4. The van der Waals surface area contributed by atoms with Gasteiger partial charge in [-0.1, -0.05) is 0 Å². The second kappa shape index (κ2) is 15.5. The summed E-state index contributed by atoms with van der Waals surface area (Å²) in [6, 6.07) is 0.517. The number of hydrogen-bond acceptors (Lipinski definition) is 6. The summed E-state index contributed by atoms with van der Waals surface area (Å²) in [5.41, 5.74) is -4.17. The van der Waals surface area contributed by atoms with Crippen LogP contribution >= 0.6 is 0 Å². The Morgan fingerprint density at radius 3 is 1.25 bits per heavy atom. The lowest BCUT2D eigenvalue weighted by atomic mass is 9.93. The van der Waals surface area contributed by atoms with E-state index in [0.29, 0.717) is 0 Å². The number of carbonyl (C=O) groups excluding carboxylic acids is 1. The minimum atomic E-state index is -8.30. The molecule has 0 aliphatic carbocycles. The third-order valence-electron chi connectivity index (χ3n) is 7.64. The number of fused-ring (bicyclic) bond motifs is 1. The first-order valence-electron chi connectivity index (χ1n) is 14.9. The molecule has 2 rings (SSSR count). The molecule has 6 nitrogen and oxygen atoms in total. The molecule has 0 fully saturated rings. The Hall–Kier alpha value is -4.32. The van der Waals surface area contributed by atoms with Gasteiger partial charge in [0, 0.05) is 12.1 Å². The van der Waals surface area contributed by atoms with Gasteiger partial charge in [-0.15, -0.1) is 0 Å². The number of halogens is 26. The van der Waals surface area contributed by atoms with Crippen molar-refractivity contribution in [3.05, 3.63) is 34.2 Å². The Kier molecular flexibility index (Phi) is 13.4. The lowest BCUT2D eigenvalue weighted by Crippen LogP contribution is -2.70. The van der Waals surface area contributed by atoms with Gasteiger partial charge in [0.1, 0.15) is 22.6 Å². The fourth-order valence-electron chi connectivity index (χ4n) is 4.22. The van der Waals surface area contributed by atoms with Crippen LogP contribution in [0.25, 0.3) is 11.0 Å². The van der Waals surface area contributed by atoms with Gasteiger partial charge < -0.3 is 18.6 Å². The Morgan fingerprint density at radius 2 is 0.883 bits per heavy atom. The van der Waals surface area contributed by atoms with Crippen molar-refractivity contribution in [1.29, 1.82) is 0 Å². The van der Waals surface area contributed by atoms with Gasteiger partial charge in [0.05, 0.1) is 38.0 Å². The van der Waals surface area contributed by atoms with Crippen molar-refractivity contribution >= 4 is 16.9 Å². The first-order chi connectivity index (χ1) is 26.4. The van der Waals surface area contributed by atoms with E-state index in [2.05, 4.69) is 18.6 Å². The first-order valence-corrected chi connectivity index (χ1v) is 14.9. The van der Waals surface area contributed by atoms with Crippen molar-refractivity contribution in [3.8, 4) is 11.5 Å². The molecule has 346 valence electrons. The van der Waals surface area contributed by atoms with Crippen molar-refractivity contribution < 1.29 is 138 Å². The summed E-state index contributed by atoms with van der Waals surface area (Å²) in [6.07, 6.45) is -21.6. The normalized spacial score (nSPS) is 15.1. The Balaban J connectivity index is 2.56. The highest BCUT2D eigenvalue weighted by Crippen LogP contribution is 2.62. The maximum Gasteiger partial charge on any atom is 0.460 e. The predicted molar refractivity (Wildman–Crippen MR) is 140 cm³/mol. The van der Waals surface area contributed by atoms with Crippen LogP contribution in [0.3, 0.4) is 0 Å². The molecule has 60 heavy (non-hydrogen) atoms. The zero-order valence-corrected chi connectivity index (χ0v) is 28.0. The SMILES string of the molecule is CCOC(=O)c1cc2c(OCCC(F)(F)C(F)(F)C(F)(F)C(F)(F)C(F)(F)C(F)(F)F)cc(OCCC(F)(F)C(F)(F)C(F)(F)C(F)(F)C(F)(F)C(F)(F)F)cc2oc1=O. The highest BCUT2D eigenvalue weighted by atomic mass is 19.4. The number of alkyl halides is 26. The van der Waals surface area contributed by atoms with Crippen LogP contribution in [0.2, 0.25) is 0 Å². The molecule has 2 aromatic rings. The largest absolute Gasteiger partial charge is 0.493 e. The smallest absolute Gasteiger partial charge is 0.460 e. The van der Waals surface area contributed by atoms with Crippen LogP contribution in [0.5, 0.6) is 11.5 Å². The quantitative estimate of drug-likeness (QED) is 0.0842. The van der Waals surface area contributed by atoms with E-state index in [9.17, 15) is 124 Å². The minimum Gasteiger partial charge on any atom is -0.493 e. The van der Waals surface area contributed by atoms with Crippen molar-refractivity contribution in [2.45, 2.75) is 91.3 Å². The second-order valence-electron chi connectivity index (χ2n) is 11.7. The molecule has 1 heterocycles. The van der Waals surface area contributed by atoms with E-state index >= 15 is 0 Å². The summed E-state index contributed by atoms with van der Waals surface area (Å²) in [7, 11) is 0. The molecule has 0 amide bonds. The van der Waals surface area contributed by atoms with Gasteiger partial charge in [-0.25, -0.2) is 9.59 Å². The molecule has 0 spiro atoms. The number of benzene rings is 1. The molecular weight excluding hydrogens is 926 g/mol. The van der Waals surface area contributed by atoms with Crippen LogP contribution in [0.1, 0.15) is 30.1 Å². The molecule has 0 saturated carbocycles. The summed E-state index contributed by atoms with van der Waals surface area (Å²) >= 11 is 0. The van der Waals surface area contributed by atoms with Gasteiger partial charge in [0.15, 0.2) is 0 Å². The number of esters is 1. The zero-order chi connectivity index (χ0) is 47.5. The van der Waals surface area contributed by atoms with Crippen LogP contribution in [0.15, 0.2) is 27.4 Å². The van der Waals surface area contributed by atoms with Crippen molar-refractivity contribution in [2.24, 2.45) is 0 Å². The molecule has 0 radical (unpaired) electrons. The van der Waals surface area contributed by atoms with E-state index in [1.54, 1.807) is 0 Å². The molecule has 0 bridgehead atoms. The number of carbonyl (C=O) groups is 1. The number of ether oxygens (including phenoxy) is 3. The van der Waals surface area contributed by atoms with Crippen LogP contribution < -0.4 is 15.1 Å². The maximum absolute atomic E-state index is 14.3. The van der Waals surface area contributed by atoms with Crippen molar-refractivity contribution in [2.75, 3.05) is 19.8 Å². The monoisotopic (exact) mass is 942 g/mol. The van der Waals surface area contributed by atoms with Gasteiger partial charge in [0.25, 0.3) is 0 Å². The molecule has 0 saturated heterocycles. The highest BCUT2D eigenvalue weighted by Gasteiger charge is 2.92. The molecule has 1 aromatic heterocycles. The third-order valence-corrected chi connectivity index (χ3v) is 7.64. The standard InChI is InChI=1S/C28H16F26O6/c1-2-57-15(55)12-9-11-13(59-6-4-18(31,32)20(35,36)22(39,40)24(43,44)26(47,48)28(52,53)54)7-10(8-14(11)60-16(12)56)58-5-3-17(29,30)19(33,34)21(37,38)23(41,42)25(45,46)27(49,50)51/h7-9H,2-6H2,1H3. The molecule has 1 aromatic carbocycles. The predicted octanol–water partition coefficient (Wildman–Crippen LogP) is 11.0. The third kappa shape index (κ3) is 8.21. The average Bonchev–Trinajstić information content (AvgIpc) is 3.06. The number of hydrogen-bond donors (Lipinski definition) is 0. The van der Waals surface area contributed by atoms with E-state index < -0.39 is 144 Å². The van der Waals surface area contributed by atoms with Crippen molar-refractivity contribution in [3.63, 3.8) is 0 Å². The van der Waals surface area contributed by atoms with E-state index in [1.165, 1.54) is 0 Å². The van der Waals surface area contributed by atoms with Crippen molar-refractivity contribution in [1.82, 2.24) is 0 Å². The Bertz CT molecular complexity index is 1930. The summed E-state index contributed by atoms with van der Waals surface area (Å²) < 4.78 is 367. The van der Waals surface area contributed by atoms with E-state index in [0.717, 1.165) is 6.92 Å². The molecule has 0 aliphatic heterocycles. The highest BCUT2D eigenvalue weighted by molar-refractivity contribution is 5.95. The summed E-state index contributed by atoms with van der Waals surface area (Å²) in [5, 5.41) is -1.01. The van der Waals surface area contributed by atoms with Gasteiger partial charge in [-0.05, 0) is 13.0 Å². The first kappa shape index (κ1) is 51.8. The van der Waals surface area contributed by atoms with Gasteiger partial charge in [0.2, 0.25) is 0 Å². The van der Waals surface area contributed by atoms with Crippen LogP contribution in [-0.4, -0.2) is 97.4 Å². The fourth-order valence-corrected chi connectivity index (χ4v) is 4.22. The summed E-state index contributed by atoms with van der Waals surface area (Å²) in [5.74, 6) is -82.8. The van der Waals surface area contributed by atoms with E-state index in [1.807, 2.05) is 0 Å². The maximum atomic E-state index is 14.3. The van der Waals surface area contributed by atoms with Crippen LogP contribution in [0.4, 0.5) is 114 Å².